The molecule has 0 bridgehead atoms. The summed E-state index contributed by atoms with van der Waals surface area (Å²) in [7, 11) is 0. The third kappa shape index (κ3) is 3.68. The molecule has 0 spiro atoms. The van der Waals surface area contributed by atoms with Crippen molar-refractivity contribution in [2.75, 3.05) is 19.8 Å². The fraction of sp³-hybridized carbons (Fsp3) is 0.556. The highest BCUT2D eigenvalue weighted by Gasteiger charge is 1.98. The molecule has 0 aromatic carbocycles. The fourth-order valence-corrected chi connectivity index (χ4v) is 0.882. The Bertz CT molecular complexity index is 268. The molecule has 1 aromatic rings. The van der Waals surface area contributed by atoms with Crippen LogP contribution in [0, 0.1) is 0 Å². The van der Waals surface area contributed by atoms with Crippen molar-refractivity contribution in [2.45, 2.75) is 13.5 Å². The summed E-state index contributed by atoms with van der Waals surface area (Å²) in [5.41, 5.74) is 0.499. The Morgan fingerprint density at radius 2 is 2.21 bits per heavy atom. The first-order valence-electron chi connectivity index (χ1n) is 4.49. The summed E-state index contributed by atoms with van der Waals surface area (Å²) in [5.74, 6) is 0.413. The minimum Gasteiger partial charge on any atom is -0.474 e. The molecule has 0 radical (unpaired) electrons. The molecule has 1 aromatic heterocycles. The van der Waals surface area contributed by atoms with Crippen LogP contribution in [0.5, 0.6) is 5.88 Å². The number of aromatic nitrogens is 2. The van der Waals surface area contributed by atoms with Crippen LogP contribution in [0.15, 0.2) is 12.4 Å². The van der Waals surface area contributed by atoms with E-state index in [1.807, 2.05) is 6.92 Å². The molecule has 1 heterocycles. The summed E-state index contributed by atoms with van der Waals surface area (Å²) < 4.78 is 10.3. The van der Waals surface area contributed by atoms with Gasteiger partial charge in [0.2, 0.25) is 5.88 Å². The minimum absolute atomic E-state index is 0.129. The number of aliphatic hydroxyl groups is 1. The summed E-state index contributed by atoms with van der Waals surface area (Å²) in [6, 6.07) is 0. The Balaban J connectivity index is 2.34. The molecule has 0 aliphatic carbocycles. The lowest BCUT2D eigenvalue weighted by Crippen LogP contribution is -2.08. The summed E-state index contributed by atoms with van der Waals surface area (Å²) in [6.07, 6.45) is 3.00. The van der Waals surface area contributed by atoms with Gasteiger partial charge in [-0.3, -0.25) is 4.98 Å². The number of hydrogen-bond donors (Lipinski definition) is 1. The Morgan fingerprint density at radius 3 is 2.93 bits per heavy atom. The zero-order valence-corrected chi connectivity index (χ0v) is 8.14. The molecule has 0 saturated carbocycles. The Morgan fingerprint density at radius 1 is 1.36 bits per heavy atom. The molecule has 5 heteroatoms. The van der Waals surface area contributed by atoms with Gasteiger partial charge in [-0.2, -0.15) is 0 Å². The van der Waals surface area contributed by atoms with Crippen molar-refractivity contribution in [3.05, 3.63) is 18.1 Å². The SMILES string of the molecule is CCOCCOc1cncc(CO)n1. The molecule has 0 aliphatic rings. The van der Waals surface area contributed by atoms with E-state index in [0.717, 1.165) is 0 Å². The van der Waals surface area contributed by atoms with Crippen molar-refractivity contribution in [1.82, 2.24) is 9.97 Å². The third-order valence-electron chi connectivity index (χ3n) is 1.51. The van der Waals surface area contributed by atoms with E-state index >= 15 is 0 Å². The van der Waals surface area contributed by atoms with Gasteiger partial charge < -0.3 is 14.6 Å². The topological polar surface area (TPSA) is 64.5 Å². The predicted molar refractivity (Wildman–Crippen MR) is 49.9 cm³/mol. The molecule has 0 aliphatic heterocycles. The third-order valence-corrected chi connectivity index (χ3v) is 1.51. The van der Waals surface area contributed by atoms with Gasteiger partial charge in [-0.1, -0.05) is 0 Å². The number of ether oxygens (including phenoxy) is 2. The molecule has 78 valence electrons. The lowest BCUT2D eigenvalue weighted by molar-refractivity contribution is 0.108. The number of rotatable bonds is 6. The van der Waals surface area contributed by atoms with Crippen molar-refractivity contribution in [3.63, 3.8) is 0 Å². The molecule has 1 rings (SSSR count). The predicted octanol–water partition coefficient (Wildman–Crippen LogP) is 0.384. The standard InChI is InChI=1S/C9H14N2O3/c1-2-13-3-4-14-9-6-10-5-8(7-12)11-9/h5-6,12H,2-4,7H2,1H3. The van der Waals surface area contributed by atoms with E-state index in [9.17, 15) is 0 Å². The van der Waals surface area contributed by atoms with Gasteiger partial charge in [-0.15, -0.1) is 0 Å². The van der Waals surface area contributed by atoms with Crippen LogP contribution in [0.1, 0.15) is 12.6 Å². The monoisotopic (exact) mass is 198 g/mol. The van der Waals surface area contributed by atoms with Gasteiger partial charge in [-0.25, -0.2) is 4.98 Å². The van der Waals surface area contributed by atoms with Gasteiger partial charge >= 0.3 is 0 Å². The van der Waals surface area contributed by atoms with Crippen LogP contribution in [0.3, 0.4) is 0 Å². The van der Waals surface area contributed by atoms with Crippen molar-refractivity contribution in [2.24, 2.45) is 0 Å². The summed E-state index contributed by atoms with van der Waals surface area (Å²) in [5, 5.41) is 8.79. The molecule has 0 unspecified atom stereocenters. The summed E-state index contributed by atoms with van der Waals surface area (Å²) in [6.45, 7) is 3.44. The molecule has 0 amide bonds. The highest BCUT2D eigenvalue weighted by Crippen LogP contribution is 2.04. The maximum absolute atomic E-state index is 8.79. The second-order valence-electron chi connectivity index (χ2n) is 2.55. The molecule has 0 atom stereocenters. The fourth-order valence-electron chi connectivity index (χ4n) is 0.882. The summed E-state index contributed by atoms with van der Waals surface area (Å²) >= 11 is 0. The highest BCUT2D eigenvalue weighted by molar-refractivity contribution is 5.07. The Hall–Kier alpha value is -1.20. The van der Waals surface area contributed by atoms with Crippen LogP contribution in [-0.4, -0.2) is 34.9 Å². The maximum atomic E-state index is 8.79. The minimum atomic E-state index is -0.129. The Labute approximate surface area is 82.7 Å². The normalized spacial score (nSPS) is 10.1. The van der Waals surface area contributed by atoms with E-state index in [2.05, 4.69) is 9.97 Å². The van der Waals surface area contributed by atoms with Gasteiger partial charge in [-0.05, 0) is 6.92 Å². The van der Waals surface area contributed by atoms with E-state index in [-0.39, 0.29) is 6.61 Å². The van der Waals surface area contributed by atoms with Gasteiger partial charge in [0.15, 0.2) is 0 Å². The molecular weight excluding hydrogens is 184 g/mol. The average Bonchev–Trinajstić information content (AvgIpc) is 2.25. The van der Waals surface area contributed by atoms with Gasteiger partial charge in [0.1, 0.15) is 6.61 Å². The number of nitrogens with zero attached hydrogens (tertiary/aromatic N) is 2. The van der Waals surface area contributed by atoms with Crippen LogP contribution in [0.2, 0.25) is 0 Å². The first-order valence-corrected chi connectivity index (χ1v) is 4.49. The van der Waals surface area contributed by atoms with Crippen molar-refractivity contribution >= 4 is 0 Å². The smallest absolute Gasteiger partial charge is 0.232 e. The summed E-state index contributed by atoms with van der Waals surface area (Å²) in [4.78, 5) is 7.86. The van der Waals surface area contributed by atoms with E-state index < -0.39 is 0 Å². The van der Waals surface area contributed by atoms with Gasteiger partial charge in [0.05, 0.1) is 31.3 Å². The number of aliphatic hydroxyl groups excluding tert-OH is 1. The van der Waals surface area contributed by atoms with E-state index in [1.165, 1.54) is 12.4 Å². The molecule has 0 fully saturated rings. The Kier molecular flexibility index (Phi) is 4.88. The highest BCUT2D eigenvalue weighted by atomic mass is 16.5. The lowest BCUT2D eigenvalue weighted by Gasteiger charge is -2.05. The van der Waals surface area contributed by atoms with Crippen LogP contribution < -0.4 is 4.74 Å². The van der Waals surface area contributed by atoms with Crippen molar-refractivity contribution in [3.8, 4) is 5.88 Å². The number of hydrogen-bond acceptors (Lipinski definition) is 5. The molecule has 0 saturated heterocycles. The maximum Gasteiger partial charge on any atom is 0.232 e. The van der Waals surface area contributed by atoms with Crippen molar-refractivity contribution in [1.29, 1.82) is 0 Å². The van der Waals surface area contributed by atoms with Gasteiger partial charge in [0, 0.05) is 6.61 Å². The van der Waals surface area contributed by atoms with E-state index in [4.69, 9.17) is 14.6 Å². The molecule has 1 N–H and O–H groups in total. The average molecular weight is 198 g/mol. The second kappa shape index (κ2) is 6.28. The van der Waals surface area contributed by atoms with Gasteiger partial charge in [0.25, 0.3) is 0 Å². The van der Waals surface area contributed by atoms with Crippen LogP contribution >= 0.6 is 0 Å². The quantitative estimate of drug-likeness (QED) is 0.669. The van der Waals surface area contributed by atoms with Crippen LogP contribution in [0.4, 0.5) is 0 Å². The second-order valence-corrected chi connectivity index (χ2v) is 2.55. The molecular formula is C9H14N2O3. The van der Waals surface area contributed by atoms with Crippen LogP contribution in [0.25, 0.3) is 0 Å². The molecule has 14 heavy (non-hydrogen) atoms. The van der Waals surface area contributed by atoms with Crippen molar-refractivity contribution < 1.29 is 14.6 Å². The first kappa shape index (κ1) is 10.9. The zero-order valence-electron chi connectivity index (χ0n) is 8.14. The van der Waals surface area contributed by atoms with E-state index in [0.29, 0.717) is 31.4 Å². The first-order chi connectivity index (χ1) is 6.86. The lowest BCUT2D eigenvalue weighted by atomic mass is 10.5. The zero-order chi connectivity index (χ0) is 10.2. The largest absolute Gasteiger partial charge is 0.474 e. The van der Waals surface area contributed by atoms with E-state index in [1.54, 1.807) is 0 Å². The molecule has 5 nitrogen and oxygen atoms in total. The van der Waals surface area contributed by atoms with Crippen LogP contribution in [-0.2, 0) is 11.3 Å².